The summed E-state index contributed by atoms with van der Waals surface area (Å²) in [5.41, 5.74) is 2.01. The van der Waals surface area contributed by atoms with Gasteiger partial charge in [-0.3, -0.25) is 9.36 Å². The zero-order valence-electron chi connectivity index (χ0n) is 11.1. The van der Waals surface area contributed by atoms with Crippen molar-refractivity contribution in [3.8, 4) is 0 Å². The summed E-state index contributed by atoms with van der Waals surface area (Å²) < 4.78 is 3.76. The van der Waals surface area contributed by atoms with E-state index >= 15 is 0 Å². The van der Waals surface area contributed by atoms with Crippen LogP contribution in [0.4, 0.5) is 5.69 Å². The van der Waals surface area contributed by atoms with Gasteiger partial charge in [-0.25, -0.2) is 0 Å². The fraction of sp³-hybridized carbons (Fsp3) is 0.417. The summed E-state index contributed by atoms with van der Waals surface area (Å²) >= 11 is 5.12. The van der Waals surface area contributed by atoms with Gasteiger partial charge < -0.3 is 10.6 Å². The van der Waals surface area contributed by atoms with E-state index in [-0.39, 0.29) is 0 Å². The molecule has 6 nitrogen and oxygen atoms in total. The lowest BCUT2D eigenvalue weighted by Gasteiger charge is -2.05. The van der Waals surface area contributed by atoms with E-state index in [4.69, 9.17) is 12.2 Å². The van der Waals surface area contributed by atoms with Gasteiger partial charge in [0.25, 0.3) is 0 Å². The van der Waals surface area contributed by atoms with Crippen LogP contribution in [-0.4, -0.2) is 31.2 Å². The first kappa shape index (κ1) is 13.5. The topological polar surface area (TPSA) is 59.7 Å². The van der Waals surface area contributed by atoms with Crippen LogP contribution >= 0.6 is 12.2 Å². The molecule has 0 aliphatic carbocycles. The smallest absolute Gasteiger partial charge is 0.170 e. The predicted molar refractivity (Wildman–Crippen MR) is 79.1 cm³/mol. The van der Waals surface area contributed by atoms with Gasteiger partial charge in [-0.15, -0.1) is 0 Å². The first-order valence-corrected chi connectivity index (χ1v) is 6.70. The fourth-order valence-electron chi connectivity index (χ4n) is 1.70. The van der Waals surface area contributed by atoms with E-state index in [0.29, 0.717) is 11.7 Å². The minimum absolute atomic E-state index is 0.612. The van der Waals surface area contributed by atoms with Crippen molar-refractivity contribution in [1.29, 1.82) is 0 Å². The Balaban J connectivity index is 1.95. The highest BCUT2D eigenvalue weighted by molar-refractivity contribution is 7.80. The van der Waals surface area contributed by atoms with Crippen LogP contribution in [0.5, 0.6) is 0 Å². The van der Waals surface area contributed by atoms with Crippen molar-refractivity contribution < 1.29 is 0 Å². The summed E-state index contributed by atoms with van der Waals surface area (Å²) in [4.78, 5) is 0. The second-order valence-electron chi connectivity index (χ2n) is 4.12. The molecule has 0 fully saturated rings. The molecule has 0 aliphatic rings. The van der Waals surface area contributed by atoms with Crippen LogP contribution in [0, 0.1) is 0 Å². The molecule has 2 aromatic heterocycles. The van der Waals surface area contributed by atoms with Gasteiger partial charge in [0.15, 0.2) is 5.11 Å². The number of nitrogens with one attached hydrogen (secondary N) is 2. The van der Waals surface area contributed by atoms with Crippen LogP contribution in [-0.2, 0) is 13.1 Å². The Hall–Kier alpha value is -1.89. The van der Waals surface area contributed by atoms with Crippen LogP contribution in [0.2, 0.25) is 0 Å². The number of aromatic nitrogens is 4. The van der Waals surface area contributed by atoms with E-state index in [1.54, 1.807) is 6.20 Å². The summed E-state index contributed by atoms with van der Waals surface area (Å²) in [5, 5.41) is 15.3. The Bertz CT molecular complexity index is 544. The number of anilines is 1. The lowest BCUT2D eigenvalue weighted by atomic mass is 10.4. The molecule has 0 saturated carbocycles. The number of thiocarbonyl (C=S) groups is 1. The van der Waals surface area contributed by atoms with Gasteiger partial charge in [0, 0.05) is 31.0 Å². The molecule has 2 N–H and O–H groups in total. The number of hydrogen-bond donors (Lipinski definition) is 2. The van der Waals surface area contributed by atoms with Gasteiger partial charge in [-0.05, 0) is 26.1 Å². The van der Waals surface area contributed by atoms with E-state index in [0.717, 1.165) is 24.3 Å². The molecule has 0 aromatic carbocycles. The molecule has 0 unspecified atom stereocenters. The van der Waals surface area contributed by atoms with Gasteiger partial charge in [0.1, 0.15) is 0 Å². The van der Waals surface area contributed by atoms with E-state index in [2.05, 4.69) is 27.8 Å². The molecule has 7 heteroatoms. The molecular formula is C12H18N6S. The molecule has 0 amide bonds. The highest BCUT2D eigenvalue weighted by atomic mass is 32.1. The molecule has 19 heavy (non-hydrogen) atoms. The van der Waals surface area contributed by atoms with E-state index in [9.17, 15) is 0 Å². The summed E-state index contributed by atoms with van der Waals surface area (Å²) in [6.45, 7) is 6.45. The Morgan fingerprint density at radius 3 is 2.68 bits per heavy atom. The van der Waals surface area contributed by atoms with Gasteiger partial charge >= 0.3 is 0 Å². The van der Waals surface area contributed by atoms with E-state index in [1.807, 2.05) is 34.9 Å². The lowest BCUT2D eigenvalue weighted by Crippen LogP contribution is -2.27. The second-order valence-corrected chi connectivity index (χ2v) is 4.52. The van der Waals surface area contributed by atoms with Crippen molar-refractivity contribution in [2.75, 3.05) is 11.9 Å². The highest BCUT2D eigenvalue weighted by Crippen LogP contribution is 2.07. The van der Waals surface area contributed by atoms with Gasteiger partial charge in [0.05, 0.1) is 24.6 Å². The Labute approximate surface area is 117 Å². The van der Waals surface area contributed by atoms with Crippen LogP contribution in [0.25, 0.3) is 0 Å². The van der Waals surface area contributed by atoms with Gasteiger partial charge in [0.2, 0.25) is 0 Å². The lowest BCUT2D eigenvalue weighted by molar-refractivity contribution is 0.654. The Morgan fingerprint density at radius 1 is 1.21 bits per heavy atom. The molecule has 0 aliphatic heterocycles. The third-order valence-corrected chi connectivity index (χ3v) is 2.83. The van der Waals surface area contributed by atoms with Gasteiger partial charge in [-0.2, -0.15) is 10.2 Å². The first-order chi connectivity index (χ1) is 9.21. The average molecular weight is 278 g/mol. The summed E-state index contributed by atoms with van der Waals surface area (Å²) in [6.07, 6.45) is 7.57. The van der Waals surface area contributed by atoms with Crippen LogP contribution < -0.4 is 10.6 Å². The molecule has 2 heterocycles. The molecule has 0 atom stereocenters. The second kappa shape index (κ2) is 6.33. The molecule has 0 spiro atoms. The van der Waals surface area contributed by atoms with Crippen LogP contribution in [0.3, 0.4) is 0 Å². The minimum Gasteiger partial charge on any atom is -0.363 e. The Kier molecular flexibility index (Phi) is 4.51. The maximum Gasteiger partial charge on any atom is 0.170 e. The summed E-state index contributed by atoms with van der Waals surface area (Å²) in [7, 11) is 0. The molecule has 2 aromatic rings. The molecule has 0 radical (unpaired) electrons. The minimum atomic E-state index is 0.612. The maximum atomic E-state index is 5.12. The van der Waals surface area contributed by atoms with Crippen molar-refractivity contribution in [3.05, 3.63) is 30.4 Å². The standard InChI is InChI=1S/C12H18N6S/c1-3-13-12(19)16-11-6-15-18(9-11)8-10-5-14-17(4-2)7-10/h5-7,9H,3-4,8H2,1-2H3,(H2,13,16,19). The van der Waals surface area contributed by atoms with Crippen molar-refractivity contribution in [2.24, 2.45) is 0 Å². The van der Waals surface area contributed by atoms with Crippen LogP contribution in [0.15, 0.2) is 24.8 Å². The molecule has 102 valence electrons. The maximum absolute atomic E-state index is 5.12. The molecule has 0 bridgehead atoms. The number of nitrogens with zero attached hydrogens (tertiary/aromatic N) is 4. The highest BCUT2D eigenvalue weighted by Gasteiger charge is 2.03. The van der Waals surface area contributed by atoms with Crippen molar-refractivity contribution in [1.82, 2.24) is 24.9 Å². The van der Waals surface area contributed by atoms with Crippen molar-refractivity contribution in [2.45, 2.75) is 26.9 Å². The van der Waals surface area contributed by atoms with Crippen molar-refractivity contribution in [3.63, 3.8) is 0 Å². The zero-order valence-corrected chi connectivity index (χ0v) is 11.9. The molecule has 0 saturated heterocycles. The van der Waals surface area contributed by atoms with E-state index < -0.39 is 0 Å². The van der Waals surface area contributed by atoms with Crippen molar-refractivity contribution >= 4 is 23.0 Å². The third-order valence-electron chi connectivity index (χ3n) is 2.58. The van der Waals surface area contributed by atoms with Gasteiger partial charge in [-0.1, -0.05) is 0 Å². The normalized spacial score (nSPS) is 10.4. The van der Waals surface area contributed by atoms with Crippen LogP contribution in [0.1, 0.15) is 19.4 Å². The van der Waals surface area contributed by atoms with E-state index in [1.165, 1.54) is 0 Å². The number of aryl methyl sites for hydroxylation is 1. The third kappa shape index (κ3) is 3.78. The zero-order chi connectivity index (χ0) is 13.7. The monoisotopic (exact) mass is 278 g/mol. The first-order valence-electron chi connectivity index (χ1n) is 6.30. The molecule has 2 rings (SSSR count). The number of rotatable bonds is 5. The summed E-state index contributed by atoms with van der Waals surface area (Å²) in [6, 6.07) is 0. The number of hydrogen-bond acceptors (Lipinski definition) is 3. The fourth-order valence-corrected chi connectivity index (χ4v) is 1.96. The quantitative estimate of drug-likeness (QED) is 0.811. The predicted octanol–water partition coefficient (Wildman–Crippen LogP) is 1.45. The molecular weight excluding hydrogens is 260 g/mol. The Morgan fingerprint density at radius 2 is 2.00 bits per heavy atom. The SMILES string of the molecule is CCNC(=S)Nc1cnn(Cc2cnn(CC)c2)c1. The average Bonchev–Trinajstić information content (AvgIpc) is 2.99. The summed E-state index contributed by atoms with van der Waals surface area (Å²) in [5.74, 6) is 0. The largest absolute Gasteiger partial charge is 0.363 e.